The number of nitrogens with zero attached hydrogens (tertiary/aromatic N) is 2. The molecule has 0 amide bonds. The van der Waals surface area contributed by atoms with Crippen molar-refractivity contribution in [1.29, 1.82) is 0 Å². The number of hydrogen-bond donors (Lipinski definition) is 2. The van der Waals surface area contributed by atoms with E-state index < -0.39 is 23.9 Å². The first-order valence-corrected chi connectivity index (χ1v) is 8.38. The van der Waals surface area contributed by atoms with Crippen LogP contribution in [0.1, 0.15) is 41.4 Å². The van der Waals surface area contributed by atoms with Crippen LogP contribution in [0.15, 0.2) is 36.4 Å². The van der Waals surface area contributed by atoms with Gasteiger partial charge in [0.2, 0.25) is 0 Å². The lowest BCUT2D eigenvalue weighted by atomic mass is 10.1. The van der Waals surface area contributed by atoms with E-state index >= 15 is 0 Å². The Morgan fingerprint density at radius 3 is 1.28 bits per heavy atom. The zero-order chi connectivity index (χ0) is 21.9. The van der Waals surface area contributed by atoms with Crippen LogP contribution < -0.4 is 9.80 Å². The molecule has 0 aliphatic carbocycles. The number of carboxylic acids is 2. The van der Waals surface area contributed by atoms with E-state index in [-0.39, 0.29) is 22.3 Å². The minimum Gasteiger partial charge on any atom is -0.478 e. The molecule has 0 heterocycles. The Morgan fingerprint density at radius 2 is 1.00 bits per heavy atom. The Labute approximate surface area is 166 Å². The van der Waals surface area contributed by atoms with Gasteiger partial charge < -0.3 is 24.7 Å². The summed E-state index contributed by atoms with van der Waals surface area (Å²) in [5.74, 6) is -5.11. The van der Waals surface area contributed by atoms with E-state index in [2.05, 4.69) is 0 Å². The Hall–Kier alpha value is -3.88. The molecular weight excluding hydrogens is 380 g/mol. The quantitative estimate of drug-likeness (QED) is 0.554. The third-order valence-electron chi connectivity index (χ3n) is 4.13. The summed E-state index contributed by atoms with van der Waals surface area (Å²) in [7, 11) is 6.81. The van der Waals surface area contributed by atoms with Gasteiger partial charge in [-0.3, -0.25) is 0 Å². The molecule has 0 fully saturated rings. The average molecular weight is 400 g/mol. The van der Waals surface area contributed by atoms with Crippen LogP contribution in [0.3, 0.4) is 0 Å². The molecule has 2 aromatic carbocycles. The Balaban J connectivity index is 2.38. The second-order valence-corrected chi connectivity index (χ2v) is 6.54. The third-order valence-corrected chi connectivity index (χ3v) is 4.13. The fraction of sp³-hybridized carbons (Fsp3) is 0.200. The van der Waals surface area contributed by atoms with Gasteiger partial charge in [0, 0.05) is 39.6 Å². The second-order valence-electron chi connectivity index (χ2n) is 6.54. The minimum atomic E-state index is -1.37. The normalized spacial score (nSPS) is 10.2. The van der Waals surface area contributed by atoms with Crippen LogP contribution in [0, 0.1) is 0 Å². The third kappa shape index (κ3) is 4.70. The molecule has 0 spiro atoms. The van der Waals surface area contributed by atoms with Gasteiger partial charge in [-0.15, -0.1) is 0 Å². The lowest BCUT2D eigenvalue weighted by molar-refractivity contribution is 0.0386. The van der Waals surface area contributed by atoms with Crippen molar-refractivity contribution >= 4 is 35.3 Å². The largest absolute Gasteiger partial charge is 0.478 e. The molecule has 152 valence electrons. The van der Waals surface area contributed by atoms with Crippen LogP contribution in [0.5, 0.6) is 0 Å². The van der Waals surface area contributed by atoms with Crippen molar-refractivity contribution in [2.24, 2.45) is 0 Å². The van der Waals surface area contributed by atoms with Crippen molar-refractivity contribution < 1.29 is 34.1 Å². The van der Waals surface area contributed by atoms with Crippen molar-refractivity contribution in [3.63, 3.8) is 0 Å². The predicted octanol–water partition coefficient (Wildman–Crippen LogP) is 2.21. The standard InChI is InChI=1S/C20H20N2O7/c1-21(2)11-5-7-13(15(9-11)17(23)24)19(27)29-20(28)14-8-6-12(22(3)4)10-16(14)18(25)26/h5-10H,1-4H3,(H,23,24)(H,25,26). The van der Waals surface area contributed by atoms with E-state index in [0.717, 1.165) is 0 Å². The molecular formula is C20H20N2O7. The number of hydrogen-bond acceptors (Lipinski definition) is 7. The van der Waals surface area contributed by atoms with Crippen molar-refractivity contribution in [2.75, 3.05) is 38.0 Å². The molecule has 0 radical (unpaired) electrons. The molecule has 2 rings (SSSR count). The van der Waals surface area contributed by atoms with Crippen LogP contribution in [0.2, 0.25) is 0 Å². The monoisotopic (exact) mass is 400 g/mol. The summed E-state index contributed by atoms with van der Waals surface area (Å²) in [6.07, 6.45) is 0. The molecule has 9 nitrogen and oxygen atoms in total. The predicted molar refractivity (Wildman–Crippen MR) is 105 cm³/mol. The van der Waals surface area contributed by atoms with Crippen LogP contribution >= 0.6 is 0 Å². The van der Waals surface area contributed by atoms with Gasteiger partial charge in [-0.05, 0) is 36.4 Å². The van der Waals surface area contributed by atoms with E-state index in [1.165, 1.54) is 36.4 Å². The van der Waals surface area contributed by atoms with Gasteiger partial charge in [-0.25, -0.2) is 19.2 Å². The number of esters is 2. The van der Waals surface area contributed by atoms with Crippen LogP contribution in [0.4, 0.5) is 11.4 Å². The number of aromatic carboxylic acids is 2. The number of ether oxygens (including phenoxy) is 1. The summed E-state index contributed by atoms with van der Waals surface area (Å²) in [6.45, 7) is 0. The van der Waals surface area contributed by atoms with Crippen molar-refractivity contribution in [1.82, 2.24) is 0 Å². The number of carbonyl (C=O) groups excluding carboxylic acids is 2. The Morgan fingerprint density at radius 1 is 0.655 bits per heavy atom. The highest BCUT2D eigenvalue weighted by Gasteiger charge is 2.25. The maximum Gasteiger partial charge on any atom is 0.346 e. The molecule has 2 N–H and O–H groups in total. The molecule has 0 aromatic heterocycles. The summed E-state index contributed by atoms with van der Waals surface area (Å²) in [4.78, 5) is 51.1. The SMILES string of the molecule is CN(C)c1ccc(C(=O)OC(=O)c2ccc(N(C)C)cc2C(=O)O)c(C(=O)O)c1. The molecule has 9 heteroatoms. The van der Waals surface area contributed by atoms with Crippen LogP contribution in [-0.4, -0.2) is 62.3 Å². The second kappa shape index (κ2) is 8.42. The first kappa shape index (κ1) is 21.4. The van der Waals surface area contributed by atoms with Crippen molar-refractivity contribution in [3.05, 3.63) is 58.7 Å². The maximum absolute atomic E-state index is 12.4. The van der Waals surface area contributed by atoms with Crippen LogP contribution in [-0.2, 0) is 4.74 Å². The van der Waals surface area contributed by atoms with E-state index in [9.17, 15) is 29.4 Å². The van der Waals surface area contributed by atoms with E-state index in [1.807, 2.05) is 0 Å². The molecule has 0 bridgehead atoms. The first-order chi connectivity index (χ1) is 13.5. The summed E-state index contributed by atoms with van der Waals surface area (Å²) in [6, 6.07) is 8.03. The molecule has 0 unspecified atom stereocenters. The number of carbonyl (C=O) groups is 4. The molecule has 0 aliphatic heterocycles. The Bertz CT molecular complexity index is 917. The van der Waals surface area contributed by atoms with Gasteiger partial charge in [0.25, 0.3) is 0 Å². The smallest absolute Gasteiger partial charge is 0.346 e. The lowest BCUT2D eigenvalue weighted by Crippen LogP contribution is -2.20. The van der Waals surface area contributed by atoms with Gasteiger partial charge in [0.05, 0.1) is 22.3 Å². The molecule has 2 aromatic rings. The van der Waals surface area contributed by atoms with Crippen LogP contribution in [0.25, 0.3) is 0 Å². The first-order valence-electron chi connectivity index (χ1n) is 8.38. The summed E-state index contributed by atoms with van der Waals surface area (Å²) < 4.78 is 4.77. The topological polar surface area (TPSA) is 124 Å². The number of carboxylic acid groups (broad SMARTS) is 2. The molecule has 29 heavy (non-hydrogen) atoms. The van der Waals surface area contributed by atoms with E-state index in [1.54, 1.807) is 38.0 Å². The fourth-order valence-electron chi connectivity index (χ4n) is 2.52. The highest BCUT2D eigenvalue weighted by molar-refractivity contribution is 6.11. The van der Waals surface area contributed by atoms with Gasteiger partial charge in [-0.1, -0.05) is 0 Å². The average Bonchev–Trinajstić information content (AvgIpc) is 2.66. The van der Waals surface area contributed by atoms with Gasteiger partial charge in [0.15, 0.2) is 0 Å². The molecule has 0 atom stereocenters. The number of benzene rings is 2. The highest BCUT2D eigenvalue weighted by atomic mass is 16.6. The number of anilines is 2. The Kier molecular flexibility index (Phi) is 6.22. The van der Waals surface area contributed by atoms with Gasteiger partial charge in [0.1, 0.15) is 0 Å². The van der Waals surface area contributed by atoms with Crippen molar-refractivity contribution in [3.8, 4) is 0 Å². The molecule has 0 saturated heterocycles. The summed E-state index contributed by atoms with van der Waals surface area (Å²) >= 11 is 0. The van der Waals surface area contributed by atoms with E-state index in [4.69, 9.17) is 4.74 Å². The lowest BCUT2D eigenvalue weighted by Gasteiger charge is -2.15. The summed E-state index contributed by atoms with van der Waals surface area (Å²) in [5, 5.41) is 18.8. The van der Waals surface area contributed by atoms with E-state index in [0.29, 0.717) is 11.4 Å². The zero-order valence-electron chi connectivity index (χ0n) is 16.3. The molecule has 0 saturated carbocycles. The summed E-state index contributed by atoms with van der Waals surface area (Å²) in [5.41, 5.74) is -0.238. The fourth-order valence-corrected chi connectivity index (χ4v) is 2.52. The van der Waals surface area contributed by atoms with Gasteiger partial charge in [-0.2, -0.15) is 0 Å². The number of rotatable bonds is 6. The van der Waals surface area contributed by atoms with Crippen molar-refractivity contribution in [2.45, 2.75) is 0 Å². The minimum absolute atomic E-state index is 0.321. The zero-order valence-corrected chi connectivity index (χ0v) is 16.3. The highest BCUT2D eigenvalue weighted by Crippen LogP contribution is 2.22. The molecule has 0 aliphatic rings. The maximum atomic E-state index is 12.4. The van der Waals surface area contributed by atoms with Gasteiger partial charge >= 0.3 is 23.9 Å².